The number of aliphatic hydroxyl groups excluding tert-OH is 1. The summed E-state index contributed by atoms with van der Waals surface area (Å²) in [7, 11) is 0. The van der Waals surface area contributed by atoms with E-state index in [2.05, 4.69) is 6.58 Å². The molecule has 4 bridgehead atoms. The highest BCUT2D eigenvalue weighted by Gasteiger charge is 2.84. The molecule has 0 radical (unpaired) electrons. The Hall–Kier alpha value is -2.57. The smallest absolute Gasteiger partial charge is 0.335 e. The predicted molar refractivity (Wildman–Crippen MR) is 146 cm³/mol. The Morgan fingerprint density at radius 1 is 1.21 bits per heavy atom. The Kier molecular flexibility index (Phi) is 5.96. The monoisotopic (exact) mass is 600 g/mol. The fourth-order valence-corrected chi connectivity index (χ4v) is 10.2. The van der Waals surface area contributed by atoms with Crippen molar-refractivity contribution in [2.75, 3.05) is 6.61 Å². The number of furan rings is 1. The van der Waals surface area contributed by atoms with Crippen LogP contribution in [0.3, 0.4) is 0 Å². The number of carbonyl (C=O) groups excluding carboxylic acids is 3. The zero-order valence-electron chi connectivity index (χ0n) is 25.1. The highest BCUT2D eigenvalue weighted by molar-refractivity contribution is 5.96. The van der Waals surface area contributed by atoms with Crippen LogP contribution in [-0.4, -0.2) is 81.1 Å². The van der Waals surface area contributed by atoms with Gasteiger partial charge in [-0.25, -0.2) is 4.79 Å². The molecule has 1 aromatic rings. The summed E-state index contributed by atoms with van der Waals surface area (Å²) in [6, 6.07) is 1.72. The second-order valence-electron chi connectivity index (χ2n) is 14.4. The quantitative estimate of drug-likeness (QED) is 0.335. The Morgan fingerprint density at radius 3 is 2.58 bits per heavy atom. The first kappa shape index (κ1) is 29.2. The molecule has 6 fully saturated rings. The zero-order valence-corrected chi connectivity index (χ0v) is 25.1. The van der Waals surface area contributed by atoms with Crippen LogP contribution in [0.15, 0.2) is 35.2 Å². The number of hydrogen-bond donors (Lipinski definition) is 3. The minimum Gasteiger partial charge on any atom is -0.472 e. The SMILES string of the molecule is C=C1[C@@H]2[C@@H](O[C@H]3C[C@]4(O)O[C@@]5(C)COC(=O)[C@H]4[C@@H]5[C@]32C)[C@H](OC(=O)[C@H](O)[C@H](C)CC)[C@@]2(C)[C@H](c3ccoc3)CC(=O)[C@]12O. The van der Waals surface area contributed by atoms with E-state index in [9.17, 15) is 29.7 Å². The number of aliphatic hydroxyl groups is 3. The third kappa shape index (κ3) is 3.25. The molecule has 11 heteroatoms. The van der Waals surface area contributed by atoms with Gasteiger partial charge in [-0.1, -0.05) is 40.7 Å². The Bertz CT molecular complexity index is 1410. The van der Waals surface area contributed by atoms with Crippen molar-refractivity contribution < 1.29 is 53.1 Å². The van der Waals surface area contributed by atoms with E-state index in [-0.39, 0.29) is 25.0 Å². The fraction of sp³-hybridized carbons (Fsp3) is 0.719. The molecule has 7 rings (SSSR count). The number of fused-ring (bicyclic) bond motifs is 4. The van der Waals surface area contributed by atoms with Gasteiger partial charge in [-0.3, -0.25) is 9.59 Å². The third-order valence-corrected chi connectivity index (χ3v) is 12.4. The average molecular weight is 601 g/mol. The van der Waals surface area contributed by atoms with Gasteiger partial charge in [-0.05, 0) is 30.0 Å². The summed E-state index contributed by atoms with van der Waals surface area (Å²) < 4.78 is 30.0. The number of esters is 2. The van der Waals surface area contributed by atoms with Gasteiger partial charge in [0.05, 0.1) is 24.0 Å². The van der Waals surface area contributed by atoms with Gasteiger partial charge < -0.3 is 38.7 Å². The summed E-state index contributed by atoms with van der Waals surface area (Å²) in [5.41, 5.74) is -4.78. The third-order valence-electron chi connectivity index (χ3n) is 12.4. The van der Waals surface area contributed by atoms with Crippen molar-refractivity contribution in [1.29, 1.82) is 0 Å². The molecule has 234 valence electrons. The van der Waals surface area contributed by atoms with E-state index >= 15 is 0 Å². The van der Waals surface area contributed by atoms with Gasteiger partial charge >= 0.3 is 11.9 Å². The molecule has 3 aliphatic carbocycles. The normalized spacial score (nSPS) is 50.9. The maximum Gasteiger partial charge on any atom is 0.335 e. The van der Waals surface area contributed by atoms with Crippen molar-refractivity contribution in [2.24, 2.45) is 34.5 Å². The maximum absolute atomic E-state index is 14.0. The average Bonchev–Trinajstić information content (AvgIpc) is 3.66. The second kappa shape index (κ2) is 8.78. The van der Waals surface area contributed by atoms with Crippen molar-refractivity contribution in [2.45, 2.75) is 101 Å². The van der Waals surface area contributed by atoms with E-state index in [1.807, 2.05) is 13.8 Å². The number of ether oxygens (including phenoxy) is 4. The fourth-order valence-electron chi connectivity index (χ4n) is 10.2. The molecule has 6 aliphatic rings. The molecule has 3 aliphatic heterocycles. The molecule has 0 aromatic carbocycles. The van der Waals surface area contributed by atoms with Crippen molar-refractivity contribution >= 4 is 17.7 Å². The number of hydrogen-bond acceptors (Lipinski definition) is 11. The van der Waals surface area contributed by atoms with Crippen LogP contribution in [0.4, 0.5) is 0 Å². The van der Waals surface area contributed by atoms with Crippen LogP contribution in [0.2, 0.25) is 0 Å². The minimum absolute atomic E-state index is 0.0634. The Labute approximate surface area is 249 Å². The van der Waals surface area contributed by atoms with E-state index in [1.165, 1.54) is 12.5 Å². The maximum atomic E-state index is 14.0. The largest absolute Gasteiger partial charge is 0.472 e. The molecule has 3 saturated heterocycles. The highest BCUT2D eigenvalue weighted by atomic mass is 16.7. The molecule has 0 unspecified atom stereocenters. The van der Waals surface area contributed by atoms with Gasteiger partial charge in [0.2, 0.25) is 0 Å². The molecule has 0 amide bonds. The van der Waals surface area contributed by atoms with Gasteiger partial charge in [0.1, 0.15) is 30.3 Å². The van der Waals surface area contributed by atoms with Crippen LogP contribution in [0.1, 0.15) is 65.4 Å². The zero-order chi connectivity index (χ0) is 31.1. The summed E-state index contributed by atoms with van der Waals surface area (Å²) in [5, 5.41) is 35.2. The first-order valence-electron chi connectivity index (χ1n) is 15.2. The van der Waals surface area contributed by atoms with Crippen LogP contribution in [0, 0.1) is 34.5 Å². The van der Waals surface area contributed by atoms with Gasteiger partial charge in [-0.15, -0.1) is 0 Å². The Balaban J connectivity index is 1.40. The van der Waals surface area contributed by atoms with Crippen LogP contribution >= 0.6 is 0 Å². The predicted octanol–water partition coefficient (Wildman–Crippen LogP) is 2.02. The molecular formula is C32H40O11. The molecule has 11 nitrogen and oxygen atoms in total. The number of cyclic esters (lactones) is 1. The topological polar surface area (TPSA) is 162 Å². The summed E-state index contributed by atoms with van der Waals surface area (Å²) in [6.07, 6.45) is -0.884. The second-order valence-corrected chi connectivity index (χ2v) is 14.4. The Morgan fingerprint density at radius 2 is 1.93 bits per heavy atom. The minimum atomic E-state index is -2.15. The molecule has 0 spiro atoms. The van der Waals surface area contributed by atoms with Crippen LogP contribution < -0.4 is 0 Å². The van der Waals surface area contributed by atoms with Crippen LogP contribution in [-0.2, 0) is 33.3 Å². The summed E-state index contributed by atoms with van der Waals surface area (Å²) in [5.74, 6) is -7.20. The van der Waals surface area contributed by atoms with Crippen molar-refractivity contribution in [1.82, 2.24) is 0 Å². The number of rotatable bonds is 5. The standard InChI is InChI=1S/C32H40O11/c1-7-14(2)22(34)27(36)42-25-23-20(15(3)32(38)18(33)10-17(30(25,32)6)16-8-9-39-12-16)29(5)19(41-23)11-31(37)21-24(29)28(4,43-31)13-40-26(21)35/h8-9,12,14,17,19-25,34,37-38H,3,7,10-11,13H2,1-2,4-6H3/t14-,17+,19+,20-,21-,22-,23-,24+,25+,28+,29-,30-,31+,32-/m1/s1. The van der Waals surface area contributed by atoms with Crippen molar-refractivity contribution in [3.8, 4) is 0 Å². The number of carbonyl (C=O) groups is 3. The lowest BCUT2D eigenvalue weighted by molar-refractivity contribution is -0.246. The van der Waals surface area contributed by atoms with Crippen LogP contribution in [0.25, 0.3) is 0 Å². The van der Waals surface area contributed by atoms with E-state index in [1.54, 1.807) is 26.8 Å². The van der Waals surface area contributed by atoms with E-state index in [4.69, 9.17) is 23.4 Å². The van der Waals surface area contributed by atoms with Crippen LogP contribution in [0.5, 0.6) is 0 Å². The van der Waals surface area contributed by atoms with Crippen molar-refractivity contribution in [3.05, 3.63) is 36.3 Å². The van der Waals surface area contributed by atoms with E-state index in [0.29, 0.717) is 12.0 Å². The van der Waals surface area contributed by atoms with E-state index in [0.717, 1.165) is 0 Å². The van der Waals surface area contributed by atoms with Crippen molar-refractivity contribution in [3.63, 3.8) is 0 Å². The highest BCUT2D eigenvalue weighted by Crippen LogP contribution is 2.74. The lowest BCUT2D eigenvalue weighted by atomic mass is 9.45. The number of Topliss-reactive ketones (excluding diaryl/α,β-unsaturated/α-hetero) is 1. The molecular weight excluding hydrogens is 560 g/mol. The lowest BCUT2D eigenvalue weighted by Gasteiger charge is -2.58. The van der Waals surface area contributed by atoms with Gasteiger partial charge in [0.25, 0.3) is 0 Å². The first-order valence-corrected chi connectivity index (χ1v) is 15.2. The summed E-state index contributed by atoms with van der Waals surface area (Å²) in [6.45, 7) is 13.3. The molecule has 4 heterocycles. The molecule has 3 N–H and O–H groups in total. The van der Waals surface area contributed by atoms with E-state index < -0.39 is 99.5 Å². The molecule has 14 atom stereocenters. The molecule has 1 aromatic heterocycles. The molecule has 3 saturated carbocycles. The summed E-state index contributed by atoms with van der Waals surface area (Å²) in [4.78, 5) is 40.7. The van der Waals surface area contributed by atoms with Gasteiger partial charge in [0.15, 0.2) is 23.3 Å². The first-order chi connectivity index (χ1) is 20.1. The number of ketones is 1. The van der Waals surface area contributed by atoms with Gasteiger partial charge in [-0.2, -0.15) is 0 Å². The summed E-state index contributed by atoms with van der Waals surface area (Å²) >= 11 is 0. The lowest BCUT2D eigenvalue weighted by Crippen LogP contribution is -2.69. The molecule has 43 heavy (non-hydrogen) atoms. The van der Waals surface area contributed by atoms with Gasteiger partial charge in [0, 0.05) is 36.0 Å².